The van der Waals surface area contributed by atoms with Crippen LogP contribution >= 0.6 is 23.2 Å². The van der Waals surface area contributed by atoms with Crippen molar-refractivity contribution in [1.82, 2.24) is 0 Å². The number of amides is 1. The predicted octanol–water partition coefficient (Wildman–Crippen LogP) is 4.66. The highest BCUT2D eigenvalue weighted by Gasteiger charge is 2.69. The highest BCUT2D eigenvalue weighted by molar-refractivity contribution is 6.53. The molecule has 0 spiro atoms. The Hall–Kier alpha value is -2.44. The van der Waals surface area contributed by atoms with Gasteiger partial charge in [-0.3, -0.25) is 9.59 Å². The molecule has 1 saturated carbocycles. The third kappa shape index (κ3) is 3.06. The number of halogens is 2. The number of hydrogen-bond acceptors (Lipinski definition) is 5. The number of carbonyl (C=O) groups excluding carboxylic acids is 2. The number of anilines is 1. The van der Waals surface area contributed by atoms with E-state index in [0.29, 0.717) is 23.4 Å². The molecule has 0 aliphatic heterocycles. The molecule has 0 unspecified atom stereocenters. The molecule has 2 aromatic carbocycles. The zero-order chi connectivity index (χ0) is 20.1. The van der Waals surface area contributed by atoms with Gasteiger partial charge < -0.3 is 19.2 Å². The topological polar surface area (TPSA) is 77.8 Å². The molecule has 0 radical (unpaired) electrons. The molecule has 1 aliphatic rings. The average molecular weight is 422 g/mol. The van der Waals surface area contributed by atoms with Gasteiger partial charge in [-0.05, 0) is 19.1 Å². The molecule has 146 valence electrons. The third-order valence-electron chi connectivity index (χ3n) is 5.02. The second-order valence-electron chi connectivity index (χ2n) is 6.98. The van der Waals surface area contributed by atoms with Gasteiger partial charge in [-0.25, -0.2) is 0 Å². The molecular weight excluding hydrogens is 405 g/mol. The maximum absolute atomic E-state index is 12.3. The number of rotatable bonds is 5. The molecule has 4 rings (SSSR count). The van der Waals surface area contributed by atoms with Crippen molar-refractivity contribution in [2.45, 2.75) is 17.7 Å². The molecule has 6 nitrogen and oxygen atoms in total. The van der Waals surface area contributed by atoms with Crippen molar-refractivity contribution < 1.29 is 23.5 Å². The number of fused-ring (bicyclic) bond motifs is 3. The summed E-state index contributed by atoms with van der Waals surface area (Å²) in [4.78, 5) is 24.3. The second-order valence-corrected chi connectivity index (χ2v) is 8.47. The average Bonchev–Trinajstić information content (AvgIpc) is 3.01. The lowest BCUT2D eigenvalue weighted by Crippen LogP contribution is -2.26. The summed E-state index contributed by atoms with van der Waals surface area (Å²) in [5.74, 6) is -0.651. The maximum atomic E-state index is 12.3. The van der Waals surface area contributed by atoms with Gasteiger partial charge in [-0.1, -0.05) is 18.2 Å². The van der Waals surface area contributed by atoms with Crippen LogP contribution in [0.4, 0.5) is 5.69 Å². The molecule has 1 amide bonds. The fraction of sp³-hybridized carbons (Fsp3) is 0.300. The minimum absolute atomic E-state index is 0.292. The largest absolute Gasteiger partial charge is 0.495 e. The van der Waals surface area contributed by atoms with Crippen LogP contribution in [0.25, 0.3) is 21.9 Å². The number of nitrogens with one attached hydrogen (secondary N) is 1. The highest BCUT2D eigenvalue weighted by Crippen LogP contribution is 2.64. The van der Waals surface area contributed by atoms with Crippen LogP contribution in [0.2, 0.25) is 0 Å². The quantitative estimate of drug-likeness (QED) is 0.478. The van der Waals surface area contributed by atoms with E-state index in [1.165, 1.54) is 7.11 Å². The minimum Gasteiger partial charge on any atom is -0.495 e. The van der Waals surface area contributed by atoms with Crippen molar-refractivity contribution in [1.29, 1.82) is 0 Å². The molecular formula is C20H17Cl2NO5. The Bertz CT molecular complexity index is 1110. The number of carbonyl (C=O) groups is 2. The highest BCUT2D eigenvalue weighted by atomic mass is 35.5. The number of ether oxygens (including phenoxy) is 2. The Morgan fingerprint density at radius 1 is 1.18 bits per heavy atom. The summed E-state index contributed by atoms with van der Waals surface area (Å²) in [5.41, 5.74) is 0.771. The van der Waals surface area contributed by atoms with Crippen LogP contribution in [-0.2, 0) is 14.3 Å². The Morgan fingerprint density at radius 2 is 1.89 bits per heavy atom. The van der Waals surface area contributed by atoms with Crippen LogP contribution < -0.4 is 10.1 Å². The normalized spacial score (nSPS) is 20.1. The minimum atomic E-state index is -1.14. The van der Waals surface area contributed by atoms with E-state index in [0.717, 1.165) is 16.4 Å². The van der Waals surface area contributed by atoms with E-state index in [4.69, 9.17) is 37.1 Å². The van der Waals surface area contributed by atoms with Crippen LogP contribution in [0, 0.1) is 5.41 Å². The van der Waals surface area contributed by atoms with Crippen molar-refractivity contribution in [3.63, 3.8) is 0 Å². The number of methoxy groups -OCH3 is 1. The summed E-state index contributed by atoms with van der Waals surface area (Å²) < 4.78 is 15.1. The number of esters is 1. The summed E-state index contributed by atoms with van der Waals surface area (Å²) in [6.07, 6.45) is 0.292. The standard InChI is InChI=1S/C20H17Cl2NO5/c1-19(10-20(19,21)22)18(25)27-9-17(24)23-13-8-15-12(7-16(13)26-2)11-5-3-4-6-14(11)28-15/h3-8H,9-10H2,1-2H3,(H,23,24)/t19-/m0/s1. The lowest BCUT2D eigenvalue weighted by molar-refractivity contribution is -0.152. The van der Waals surface area contributed by atoms with Crippen molar-refractivity contribution in [2.24, 2.45) is 5.41 Å². The van der Waals surface area contributed by atoms with Crippen LogP contribution in [0.3, 0.4) is 0 Å². The predicted molar refractivity (Wildman–Crippen MR) is 107 cm³/mol. The molecule has 1 atom stereocenters. The van der Waals surface area contributed by atoms with Gasteiger partial charge in [0, 0.05) is 23.3 Å². The summed E-state index contributed by atoms with van der Waals surface area (Å²) in [6.45, 7) is 1.14. The first-order valence-electron chi connectivity index (χ1n) is 8.59. The smallest absolute Gasteiger partial charge is 0.315 e. The van der Waals surface area contributed by atoms with Crippen LogP contribution in [0.1, 0.15) is 13.3 Å². The van der Waals surface area contributed by atoms with Crippen LogP contribution in [0.5, 0.6) is 5.75 Å². The van der Waals surface area contributed by atoms with Gasteiger partial charge in [0.05, 0.1) is 12.8 Å². The van der Waals surface area contributed by atoms with Crippen molar-refractivity contribution in [3.8, 4) is 5.75 Å². The van der Waals surface area contributed by atoms with E-state index < -0.39 is 28.2 Å². The summed E-state index contributed by atoms with van der Waals surface area (Å²) in [6, 6.07) is 11.1. The molecule has 3 aromatic rings. The number of benzene rings is 2. The number of alkyl halides is 2. The van der Waals surface area contributed by atoms with Gasteiger partial charge in [0.15, 0.2) is 6.61 Å². The van der Waals surface area contributed by atoms with E-state index >= 15 is 0 Å². The Morgan fingerprint density at radius 3 is 2.57 bits per heavy atom. The maximum Gasteiger partial charge on any atom is 0.315 e. The second kappa shape index (κ2) is 6.57. The molecule has 1 N–H and O–H groups in total. The first-order chi connectivity index (χ1) is 13.2. The fourth-order valence-electron chi connectivity index (χ4n) is 3.12. The van der Waals surface area contributed by atoms with Gasteiger partial charge in [-0.2, -0.15) is 0 Å². The van der Waals surface area contributed by atoms with Crippen LogP contribution in [0.15, 0.2) is 40.8 Å². The van der Waals surface area contributed by atoms with Crippen molar-refractivity contribution >= 4 is 62.7 Å². The SMILES string of the molecule is COc1cc2c(cc1NC(=O)COC(=O)[C@]1(C)CC1(Cl)Cl)oc1ccccc12. The van der Waals surface area contributed by atoms with E-state index in [1.54, 1.807) is 19.1 Å². The molecule has 8 heteroatoms. The Labute approximate surface area is 170 Å². The first kappa shape index (κ1) is 18.9. The zero-order valence-electron chi connectivity index (χ0n) is 15.2. The molecule has 1 aromatic heterocycles. The summed E-state index contributed by atoms with van der Waals surface area (Å²) >= 11 is 11.9. The summed E-state index contributed by atoms with van der Waals surface area (Å²) in [5, 5.41) is 4.50. The van der Waals surface area contributed by atoms with Crippen LogP contribution in [-0.4, -0.2) is 29.9 Å². The van der Waals surface area contributed by atoms with Gasteiger partial charge in [0.2, 0.25) is 0 Å². The van der Waals surface area contributed by atoms with E-state index in [9.17, 15) is 9.59 Å². The number of para-hydroxylation sites is 1. The first-order valence-corrected chi connectivity index (χ1v) is 9.35. The van der Waals surface area contributed by atoms with Gasteiger partial charge in [0.1, 0.15) is 26.7 Å². The number of furan rings is 1. The molecule has 1 fully saturated rings. The van der Waals surface area contributed by atoms with E-state index in [1.807, 2.05) is 24.3 Å². The molecule has 1 aliphatic carbocycles. The molecule has 0 bridgehead atoms. The van der Waals surface area contributed by atoms with Gasteiger partial charge >= 0.3 is 5.97 Å². The summed E-state index contributed by atoms with van der Waals surface area (Å²) in [7, 11) is 1.51. The van der Waals surface area contributed by atoms with E-state index in [-0.39, 0.29) is 0 Å². The zero-order valence-corrected chi connectivity index (χ0v) is 16.7. The van der Waals surface area contributed by atoms with Gasteiger partial charge in [0.25, 0.3) is 5.91 Å². The lowest BCUT2D eigenvalue weighted by Gasteiger charge is -2.13. The fourth-order valence-corrected chi connectivity index (χ4v) is 3.80. The molecule has 0 saturated heterocycles. The van der Waals surface area contributed by atoms with Gasteiger partial charge in [-0.15, -0.1) is 23.2 Å². The number of hydrogen-bond donors (Lipinski definition) is 1. The van der Waals surface area contributed by atoms with Crippen molar-refractivity contribution in [3.05, 3.63) is 36.4 Å². The van der Waals surface area contributed by atoms with E-state index in [2.05, 4.69) is 5.32 Å². The monoisotopic (exact) mass is 421 g/mol. The Balaban J connectivity index is 1.51. The Kier molecular flexibility index (Phi) is 4.43. The third-order valence-corrected chi connectivity index (χ3v) is 6.12. The molecule has 28 heavy (non-hydrogen) atoms. The lowest BCUT2D eigenvalue weighted by atomic mass is 10.1. The van der Waals surface area contributed by atoms with Crippen molar-refractivity contribution in [2.75, 3.05) is 19.0 Å². The molecule has 1 heterocycles.